The molecule has 2 nitrogen and oxygen atoms in total. The minimum absolute atomic E-state index is 0.799. The molecule has 0 spiro atoms. The maximum absolute atomic E-state index is 6.66. The molecule has 0 aromatic heterocycles. The van der Waals surface area contributed by atoms with Crippen molar-refractivity contribution < 1.29 is 0 Å². The Balaban J connectivity index is 0. The van der Waals surface area contributed by atoms with Gasteiger partial charge in [0.15, 0.2) is 0 Å². The fraction of sp³-hybridized carbons (Fsp3) is 0.364. The molecule has 0 heterocycles. The van der Waals surface area contributed by atoms with Crippen LogP contribution in [-0.4, -0.2) is 6.21 Å². The van der Waals surface area contributed by atoms with Crippen LogP contribution < -0.4 is 5.73 Å². The fourth-order valence-corrected chi connectivity index (χ4v) is 0.324. The van der Waals surface area contributed by atoms with Gasteiger partial charge in [0.2, 0.25) is 0 Å². The minimum Gasteiger partial charge on any atom is -0.402 e. The first-order valence-electron chi connectivity index (χ1n) is 4.14. The fourth-order valence-electron chi connectivity index (χ4n) is 0.324. The molecular weight excluding hydrogens is 160 g/mol. The largest absolute Gasteiger partial charge is 0.402 e. The van der Waals surface area contributed by atoms with Gasteiger partial charge in [0.05, 0.1) is 0 Å². The van der Waals surface area contributed by atoms with E-state index in [2.05, 4.69) is 6.58 Å². The van der Waals surface area contributed by atoms with E-state index in [-0.39, 0.29) is 0 Å². The van der Waals surface area contributed by atoms with Gasteiger partial charge in [0.1, 0.15) is 0 Å². The molecule has 0 bridgehead atoms. The summed E-state index contributed by atoms with van der Waals surface area (Å²) in [7, 11) is 0. The second kappa shape index (κ2) is 8.78. The zero-order chi connectivity index (χ0) is 10.9. The summed E-state index contributed by atoms with van der Waals surface area (Å²) in [6, 6.07) is 0. The molecule has 0 aliphatic rings. The Morgan fingerprint density at radius 2 is 1.62 bits per heavy atom. The molecule has 0 atom stereocenters. The van der Waals surface area contributed by atoms with Crippen molar-refractivity contribution in [3.63, 3.8) is 0 Å². The average Bonchev–Trinajstić information content (AvgIpc) is 1.98. The number of nitrogens with one attached hydrogen (secondary N) is 1. The lowest BCUT2D eigenvalue weighted by Crippen LogP contribution is -1.92. The second-order valence-corrected chi connectivity index (χ2v) is 3.10. The van der Waals surface area contributed by atoms with Crippen molar-refractivity contribution >= 4 is 6.21 Å². The van der Waals surface area contributed by atoms with E-state index in [0.29, 0.717) is 0 Å². The Morgan fingerprint density at radius 1 is 1.23 bits per heavy atom. The molecule has 3 N–H and O–H groups in total. The molecular formula is C11H20N2. The lowest BCUT2D eigenvalue weighted by atomic mass is 10.2. The molecule has 13 heavy (non-hydrogen) atoms. The molecule has 0 saturated heterocycles. The molecule has 0 fully saturated rings. The van der Waals surface area contributed by atoms with Crippen molar-refractivity contribution in [1.82, 2.24) is 0 Å². The number of rotatable bonds is 2. The number of nitrogens with two attached hydrogens (primary N) is 1. The average molecular weight is 180 g/mol. The highest BCUT2D eigenvalue weighted by atomic mass is 14.5. The van der Waals surface area contributed by atoms with Crippen LogP contribution in [0.2, 0.25) is 0 Å². The monoisotopic (exact) mass is 180 g/mol. The van der Waals surface area contributed by atoms with Crippen LogP contribution in [0.15, 0.2) is 35.6 Å². The molecule has 0 rings (SSSR count). The molecule has 0 unspecified atom stereocenters. The van der Waals surface area contributed by atoms with Gasteiger partial charge < -0.3 is 11.1 Å². The van der Waals surface area contributed by atoms with E-state index in [1.54, 1.807) is 6.08 Å². The van der Waals surface area contributed by atoms with Gasteiger partial charge in [-0.15, -0.1) is 6.58 Å². The SMILES string of the molecule is C/C(N)=C(C)\C=C/C=N.C=C(C)C. The van der Waals surface area contributed by atoms with Crippen LogP contribution >= 0.6 is 0 Å². The summed E-state index contributed by atoms with van der Waals surface area (Å²) in [5.74, 6) is 0. The normalized spacial score (nSPS) is 11.4. The summed E-state index contributed by atoms with van der Waals surface area (Å²) in [5.41, 5.74) is 8.41. The van der Waals surface area contributed by atoms with Crippen molar-refractivity contribution in [1.29, 1.82) is 5.41 Å². The summed E-state index contributed by atoms with van der Waals surface area (Å²) >= 11 is 0. The molecule has 0 aliphatic carbocycles. The van der Waals surface area contributed by atoms with Crippen LogP contribution in [0.5, 0.6) is 0 Å². The molecule has 0 aliphatic heterocycles. The van der Waals surface area contributed by atoms with Crippen LogP contribution in [0, 0.1) is 5.41 Å². The Labute approximate surface area is 81.4 Å². The van der Waals surface area contributed by atoms with Crippen LogP contribution in [0.3, 0.4) is 0 Å². The van der Waals surface area contributed by atoms with Crippen LogP contribution in [-0.2, 0) is 0 Å². The van der Waals surface area contributed by atoms with Gasteiger partial charge in [0, 0.05) is 11.9 Å². The number of hydrogen-bond acceptors (Lipinski definition) is 2. The Bertz CT molecular complexity index is 214. The topological polar surface area (TPSA) is 49.9 Å². The van der Waals surface area contributed by atoms with E-state index in [0.717, 1.165) is 11.3 Å². The molecule has 0 aromatic carbocycles. The Hall–Kier alpha value is -1.31. The van der Waals surface area contributed by atoms with Crippen LogP contribution in [0.1, 0.15) is 27.7 Å². The first kappa shape index (κ1) is 14.2. The van der Waals surface area contributed by atoms with E-state index in [1.807, 2.05) is 33.8 Å². The maximum atomic E-state index is 6.66. The van der Waals surface area contributed by atoms with Crippen LogP contribution in [0.4, 0.5) is 0 Å². The molecule has 2 heteroatoms. The summed E-state index contributed by atoms with van der Waals surface area (Å²) in [6.07, 6.45) is 4.68. The van der Waals surface area contributed by atoms with Gasteiger partial charge in [0.25, 0.3) is 0 Å². The van der Waals surface area contributed by atoms with Gasteiger partial charge in [-0.2, -0.15) is 0 Å². The first-order valence-corrected chi connectivity index (χ1v) is 4.14. The third-order valence-corrected chi connectivity index (χ3v) is 1.06. The molecule has 0 radical (unpaired) electrons. The van der Waals surface area contributed by atoms with Crippen LogP contribution in [0.25, 0.3) is 0 Å². The molecule has 0 amide bonds. The summed E-state index contributed by atoms with van der Waals surface area (Å²) in [6.45, 7) is 11.2. The van der Waals surface area contributed by atoms with Crippen molar-refractivity contribution in [2.75, 3.05) is 0 Å². The van der Waals surface area contributed by atoms with Gasteiger partial charge in [-0.25, -0.2) is 0 Å². The van der Waals surface area contributed by atoms with Gasteiger partial charge in [-0.1, -0.05) is 11.6 Å². The van der Waals surface area contributed by atoms with Crippen molar-refractivity contribution in [2.45, 2.75) is 27.7 Å². The van der Waals surface area contributed by atoms with Crippen molar-refractivity contribution in [3.05, 3.63) is 35.6 Å². The summed E-state index contributed by atoms with van der Waals surface area (Å²) in [5, 5.41) is 6.66. The third-order valence-electron chi connectivity index (χ3n) is 1.06. The predicted octanol–water partition coefficient (Wildman–Crippen LogP) is 3.03. The zero-order valence-corrected chi connectivity index (χ0v) is 9.02. The highest BCUT2D eigenvalue weighted by Crippen LogP contribution is 1.96. The Morgan fingerprint density at radius 3 is 1.85 bits per heavy atom. The molecule has 74 valence electrons. The molecule has 0 aromatic rings. The van der Waals surface area contributed by atoms with Gasteiger partial charge in [-0.05, 0) is 39.3 Å². The predicted molar refractivity (Wildman–Crippen MR) is 61.0 cm³/mol. The van der Waals surface area contributed by atoms with E-state index in [1.165, 1.54) is 11.8 Å². The van der Waals surface area contributed by atoms with E-state index < -0.39 is 0 Å². The number of hydrogen-bond donors (Lipinski definition) is 2. The lowest BCUT2D eigenvalue weighted by molar-refractivity contribution is 1.24. The lowest BCUT2D eigenvalue weighted by Gasteiger charge is -1.92. The van der Waals surface area contributed by atoms with Gasteiger partial charge in [-0.3, -0.25) is 0 Å². The first-order chi connectivity index (χ1) is 5.91. The maximum Gasteiger partial charge on any atom is 0.0177 e. The quantitative estimate of drug-likeness (QED) is 0.383. The minimum atomic E-state index is 0.799. The smallest absolute Gasteiger partial charge is 0.0177 e. The third kappa shape index (κ3) is 18.0. The highest BCUT2D eigenvalue weighted by Gasteiger charge is 1.82. The Kier molecular flexibility index (Phi) is 9.61. The summed E-state index contributed by atoms with van der Waals surface area (Å²) in [4.78, 5) is 0. The van der Waals surface area contributed by atoms with Gasteiger partial charge >= 0.3 is 0 Å². The van der Waals surface area contributed by atoms with E-state index >= 15 is 0 Å². The second-order valence-electron chi connectivity index (χ2n) is 3.10. The molecule has 0 saturated carbocycles. The van der Waals surface area contributed by atoms with E-state index in [4.69, 9.17) is 11.1 Å². The zero-order valence-electron chi connectivity index (χ0n) is 9.02. The van der Waals surface area contributed by atoms with E-state index in [9.17, 15) is 0 Å². The van der Waals surface area contributed by atoms with Crippen molar-refractivity contribution in [3.8, 4) is 0 Å². The standard InChI is InChI=1S/C7H12N2.C4H8/c1-6(7(2)9)4-3-5-8;1-4(2)3/h3-5,8H,9H2,1-2H3;1H2,2-3H3/b4-3-,7-6+,8-5?;. The van der Waals surface area contributed by atoms with Crippen molar-refractivity contribution in [2.24, 2.45) is 5.73 Å². The highest BCUT2D eigenvalue weighted by molar-refractivity contribution is 5.68. The summed E-state index contributed by atoms with van der Waals surface area (Å²) < 4.78 is 0. The number of allylic oxidation sites excluding steroid dienone is 5.